The number of aliphatic hydroxyl groups excluding tert-OH is 2. The number of hydrogen-bond acceptors (Lipinski definition) is 8. The zero-order chi connectivity index (χ0) is 24.1. The molecule has 1 aromatic rings. The van der Waals surface area contributed by atoms with Crippen molar-refractivity contribution in [3.8, 4) is 0 Å². The smallest absolute Gasteiger partial charge is 0.318 e. The minimum atomic E-state index is -3.85. The number of aliphatic hydroxyl groups is 2. The molecule has 184 valence electrons. The molecule has 0 amide bonds. The third kappa shape index (κ3) is 11.9. The number of nitrogens with zero attached hydrogens (tertiary/aromatic N) is 2. The van der Waals surface area contributed by atoms with Crippen molar-refractivity contribution >= 4 is 16.0 Å². The number of hydrogen-bond donors (Lipinski definition) is 5. The molecule has 0 aliphatic rings. The monoisotopic (exact) mass is 474 g/mol. The number of carbonyl (C=O) groups is 1. The minimum Gasteiger partial charge on any atom is -0.480 e. The Balaban J connectivity index is 2.62. The SMILES string of the molecule is CCN(CCN(CCNC[C@H](C)O)C[C@H](C)O)Cc1ccc(S(=O)(=O)NCC(=O)O)cc1. The molecule has 0 radical (unpaired) electrons. The first-order valence-electron chi connectivity index (χ1n) is 10.9. The molecule has 0 aliphatic heterocycles. The van der Waals surface area contributed by atoms with E-state index in [4.69, 9.17) is 5.11 Å². The highest BCUT2D eigenvalue weighted by Gasteiger charge is 2.16. The zero-order valence-corrected chi connectivity index (χ0v) is 20.0. The van der Waals surface area contributed by atoms with Crippen LogP contribution in [0.15, 0.2) is 29.2 Å². The van der Waals surface area contributed by atoms with Crippen LogP contribution in [-0.4, -0.2) is 104 Å². The van der Waals surface area contributed by atoms with Crippen molar-refractivity contribution in [3.63, 3.8) is 0 Å². The summed E-state index contributed by atoms with van der Waals surface area (Å²) in [6, 6.07) is 6.40. The van der Waals surface area contributed by atoms with E-state index in [0.717, 1.165) is 38.3 Å². The topological polar surface area (TPSA) is 142 Å². The van der Waals surface area contributed by atoms with E-state index in [1.54, 1.807) is 26.0 Å². The van der Waals surface area contributed by atoms with E-state index in [2.05, 4.69) is 22.0 Å². The second kappa shape index (κ2) is 14.5. The van der Waals surface area contributed by atoms with Crippen LogP contribution in [0.2, 0.25) is 0 Å². The van der Waals surface area contributed by atoms with Crippen molar-refractivity contribution in [2.75, 3.05) is 52.4 Å². The van der Waals surface area contributed by atoms with E-state index in [0.29, 0.717) is 19.6 Å². The number of sulfonamides is 1. The van der Waals surface area contributed by atoms with Crippen molar-refractivity contribution in [1.82, 2.24) is 19.8 Å². The zero-order valence-electron chi connectivity index (χ0n) is 19.2. The molecular formula is C21H38N4O6S. The second-order valence-electron chi connectivity index (χ2n) is 7.93. The summed E-state index contributed by atoms with van der Waals surface area (Å²) in [5, 5.41) is 31.0. The molecule has 0 fully saturated rings. The average molecular weight is 475 g/mol. The molecule has 0 spiro atoms. The summed E-state index contributed by atoms with van der Waals surface area (Å²) in [4.78, 5) is 15.0. The van der Waals surface area contributed by atoms with Crippen molar-refractivity contribution < 1.29 is 28.5 Å². The predicted molar refractivity (Wildman–Crippen MR) is 123 cm³/mol. The maximum atomic E-state index is 12.1. The van der Waals surface area contributed by atoms with Gasteiger partial charge in [-0.1, -0.05) is 19.1 Å². The Morgan fingerprint density at radius 3 is 2.19 bits per heavy atom. The van der Waals surface area contributed by atoms with Crippen LogP contribution >= 0.6 is 0 Å². The van der Waals surface area contributed by atoms with E-state index < -0.39 is 34.7 Å². The maximum absolute atomic E-state index is 12.1. The van der Waals surface area contributed by atoms with Crippen LogP contribution in [0.4, 0.5) is 0 Å². The maximum Gasteiger partial charge on any atom is 0.318 e. The predicted octanol–water partition coefficient (Wildman–Crippen LogP) is -0.475. The van der Waals surface area contributed by atoms with Crippen LogP contribution < -0.4 is 10.0 Å². The fourth-order valence-corrected chi connectivity index (χ4v) is 4.09. The van der Waals surface area contributed by atoms with E-state index in [1.807, 2.05) is 4.72 Å². The van der Waals surface area contributed by atoms with Gasteiger partial charge in [-0.15, -0.1) is 0 Å². The van der Waals surface area contributed by atoms with Gasteiger partial charge in [-0.05, 0) is 38.1 Å². The lowest BCUT2D eigenvalue weighted by Crippen LogP contribution is -2.42. The fraction of sp³-hybridized carbons (Fsp3) is 0.667. The summed E-state index contributed by atoms with van der Waals surface area (Å²) in [6.07, 6.45) is -0.837. The summed E-state index contributed by atoms with van der Waals surface area (Å²) in [5.74, 6) is -1.24. The van der Waals surface area contributed by atoms with Crippen LogP contribution in [0.3, 0.4) is 0 Å². The Hall–Kier alpha value is -1.60. The third-order valence-electron chi connectivity index (χ3n) is 4.80. The van der Waals surface area contributed by atoms with Crippen LogP contribution in [0.1, 0.15) is 26.3 Å². The van der Waals surface area contributed by atoms with Crippen LogP contribution in [0.5, 0.6) is 0 Å². The highest BCUT2D eigenvalue weighted by molar-refractivity contribution is 7.89. The van der Waals surface area contributed by atoms with Gasteiger partial charge in [0, 0.05) is 45.8 Å². The van der Waals surface area contributed by atoms with E-state index in [-0.39, 0.29) is 4.90 Å². The van der Waals surface area contributed by atoms with Crippen LogP contribution in [-0.2, 0) is 21.4 Å². The molecule has 10 nitrogen and oxygen atoms in total. The lowest BCUT2D eigenvalue weighted by atomic mass is 10.2. The van der Waals surface area contributed by atoms with Crippen molar-refractivity contribution in [1.29, 1.82) is 0 Å². The van der Waals surface area contributed by atoms with Gasteiger partial charge in [0.15, 0.2) is 0 Å². The molecule has 0 saturated heterocycles. The number of likely N-dealkylation sites (N-methyl/N-ethyl adjacent to an activating group) is 1. The summed E-state index contributed by atoms with van der Waals surface area (Å²) in [5.41, 5.74) is 0.949. The molecule has 0 saturated carbocycles. The van der Waals surface area contributed by atoms with Crippen LogP contribution in [0, 0.1) is 0 Å². The van der Waals surface area contributed by atoms with Gasteiger partial charge >= 0.3 is 5.97 Å². The van der Waals surface area contributed by atoms with Gasteiger partial charge in [-0.25, -0.2) is 8.42 Å². The molecule has 0 aliphatic carbocycles. The first-order chi connectivity index (χ1) is 15.0. The number of carboxylic acid groups (broad SMARTS) is 1. The lowest BCUT2D eigenvalue weighted by molar-refractivity contribution is -0.135. The van der Waals surface area contributed by atoms with Gasteiger partial charge in [0.1, 0.15) is 6.54 Å². The van der Waals surface area contributed by atoms with Crippen molar-refractivity contribution in [2.45, 2.75) is 44.4 Å². The highest BCUT2D eigenvalue weighted by atomic mass is 32.2. The highest BCUT2D eigenvalue weighted by Crippen LogP contribution is 2.12. The molecule has 2 atom stereocenters. The normalized spacial score (nSPS) is 14.1. The lowest BCUT2D eigenvalue weighted by Gasteiger charge is -2.28. The molecule has 0 bridgehead atoms. The standard InChI is InChI=1S/C21H38N4O6S/c1-4-24(11-12-25(15-18(3)27)10-9-22-13-17(2)26)16-19-5-7-20(8-6-19)32(30,31)23-14-21(28)29/h5-8,17-18,22-23,26-27H,4,9-16H2,1-3H3,(H,28,29)/t17-,18-/m0/s1. The Morgan fingerprint density at radius 1 is 1.03 bits per heavy atom. The summed E-state index contributed by atoms with van der Waals surface area (Å²) in [6.45, 7) is 10.4. The van der Waals surface area contributed by atoms with Gasteiger partial charge in [0.2, 0.25) is 10.0 Å². The van der Waals surface area contributed by atoms with Gasteiger partial charge in [-0.3, -0.25) is 14.6 Å². The van der Waals surface area contributed by atoms with Gasteiger partial charge in [0.25, 0.3) is 0 Å². The van der Waals surface area contributed by atoms with Crippen molar-refractivity contribution in [2.24, 2.45) is 0 Å². The molecule has 32 heavy (non-hydrogen) atoms. The number of nitrogens with one attached hydrogen (secondary N) is 2. The molecule has 11 heteroatoms. The molecular weight excluding hydrogens is 436 g/mol. The number of benzene rings is 1. The first-order valence-corrected chi connectivity index (χ1v) is 12.3. The molecule has 5 N–H and O–H groups in total. The fourth-order valence-electron chi connectivity index (χ4n) is 3.12. The molecule has 0 heterocycles. The largest absolute Gasteiger partial charge is 0.480 e. The minimum absolute atomic E-state index is 0.0263. The molecule has 0 aromatic heterocycles. The summed E-state index contributed by atoms with van der Waals surface area (Å²) in [7, 11) is -3.85. The quantitative estimate of drug-likeness (QED) is 0.189. The van der Waals surface area contributed by atoms with E-state index in [1.165, 1.54) is 12.1 Å². The third-order valence-corrected chi connectivity index (χ3v) is 6.22. The van der Waals surface area contributed by atoms with Gasteiger partial charge < -0.3 is 20.6 Å². The number of rotatable bonds is 17. The van der Waals surface area contributed by atoms with E-state index in [9.17, 15) is 23.4 Å². The number of aliphatic carboxylic acids is 1. The van der Waals surface area contributed by atoms with Crippen LogP contribution in [0.25, 0.3) is 0 Å². The molecule has 1 aromatic carbocycles. The Morgan fingerprint density at radius 2 is 1.66 bits per heavy atom. The van der Waals surface area contributed by atoms with Crippen molar-refractivity contribution in [3.05, 3.63) is 29.8 Å². The Labute approximate surface area is 191 Å². The average Bonchev–Trinajstić information content (AvgIpc) is 2.72. The number of carboxylic acids is 1. The second-order valence-corrected chi connectivity index (χ2v) is 9.70. The van der Waals surface area contributed by atoms with Gasteiger partial charge in [-0.2, -0.15) is 4.72 Å². The summed E-state index contributed by atoms with van der Waals surface area (Å²) >= 11 is 0. The van der Waals surface area contributed by atoms with Gasteiger partial charge in [0.05, 0.1) is 17.1 Å². The first kappa shape index (κ1) is 28.4. The summed E-state index contributed by atoms with van der Waals surface area (Å²) < 4.78 is 26.3. The Bertz CT molecular complexity index is 771. The molecule has 1 rings (SSSR count). The molecule has 0 unspecified atom stereocenters. The Kier molecular flexibility index (Phi) is 12.9. The van der Waals surface area contributed by atoms with E-state index >= 15 is 0 Å².